The second-order valence-electron chi connectivity index (χ2n) is 29.0. The molecule has 0 unspecified atom stereocenters. The Balaban J connectivity index is 1.14. The summed E-state index contributed by atoms with van der Waals surface area (Å²) in [5.41, 5.74) is 24.7. The van der Waals surface area contributed by atoms with Gasteiger partial charge < -0.3 is 14.7 Å². The minimum absolute atomic E-state index is 0.0343. The third kappa shape index (κ3) is 7.77. The molecule has 3 heterocycles. The van der Waals surface area contributed by atoms with Gasteiger partial charge in [0.25, 0.3) is 6.71 Å². The topological polar surface area (TPSA) is 9.72 Å². The molecule has 0 saturated carbocycles. The number of rotatable bonds is 5. The number of nitrogens with zero attached hydrogens (tertiary/aromatic N) is 3. The summed E-state index contributed by atoms with van der Waals surface area (Å²) in [4.78, 5) is 7.86. The van der Waals surface area contributed by atoms with Crippen LogP contribution in [0.15, 0.2) is 140 Å². The smallest absolute Gasteiger partial charge is 0.264 e. The highest BCUT2D eigenvalue weighted by Crippen LogP contribution is 2.56. The van der Waals surface area contributed by atoms with E-state index in [4.69, 9.17) is 0 Å². The lowest BCUT2D eigenvalue weighted by atomic mass is 9.35. The number of thiophene rings is 1. The molecule has 5 aliphatic rings. The predicted octanol–water partition coefficient (Wildman–Crippen LogP) is 18.8. The zero-order chi connectivity index (χ0) is 54.1. The number of para-hydroxylation sites is 2. The van der Waals surface area contributed by atoms with Gasteiger partial charge >= 0.3 is 0 Å². The van der Waals surface area contributed by atoms with E-state index in [1.54, 1.807) is 0 Å². The van der Waals surface area contributed by atoms with E-state index in [0.29, 0.717) is 0 Å². The Hall–Kier alpha value is -6.04. The summed E-state index contributed by atoms with van der Waals surface area (Å²) in [7, 11) is 0. The van der Waals surface area contributed by atoms with Crippen LogP contribution >= 0.6 is 11.3 Å². The molecule has 1 aromatic heterocycles. The monoisotopic (exact) mass is 1030 g/mol. The fourth-order valence-electron chi connectivity index (χ4n) is 14.6. The maximum Gasteiger partial charge on any atom is 0.264 e. The van der Waals surface area contributed by atoms with Gasteiger partial charge in [-0.1, -0.05) is 152 Å². The fourth-order valence-corrected chi connectivity index (χ4v) is 16.0. The number of hydrogen-bond acceptors (Lipinski definition) is 4. The summed E-state index contributed by atoms with van der Waals surface area (Å²) < 4.78 is 2.85. The molecule has 0 amide bonds. The Morgan fingerprint density at radius 3 is 1.40 bits per heavy atom. The van der Waals surface area contributed by atoms with Crippen LogP contribution in [-0.2, 0) is 37.9 Å². The van der Waals surface area contributed by atoms with Crippen molar-refractivity contribution in [2.45, 2.75) is 180 Å². The van der Waals surface area contributed by atoms with Gasteiger partial charge in [0.05, 0.1) is 5.69 Å². The fraction of sp³-hybridized carbons (Fsp3) is 0.389. The van der Waals surface area contributed by atoms with Crippen molar-refractivity contribution in [1.82, 2.24) is 0 Å². The summed E-state index contributed by atoms with van der Waals surface area (Å²) in [5, 5.41) is 1.38. The van der Waals surface area contributed by atoms with Gasteiger partial charge in [0, 0.05) is 60.4 Å². The van der Waals surface area contributed by atoms with Crippen LogP contribution in [0.2, 0.25) is 0 Å². The third-order valence-corrected chi connectivity index (χ3v) is 21.2. The Labute approximate surface area is 465 Å². The zero-order valence-corrected chi connectivity index (χ0v) is 49.7. The third-order valence-electron chi connectivity index (χ3n) is 20.0. The van der Waals surface area contributed by atoms with Crippen LogP contribution in [-0.4, -0.2) is 6.71 Å². The average Bonchev–Trinajstić information content (AvgIpc) is 4.06. The standard InChI is InChI=1S/C72H80BN3S/c1-66(2,3)45-38-60-63-61(39-45)76(49-28-26-48(27-29-49)74(46-22-18-16-19-23-46)47-24-20-17-21-25-47)64-51-41-54-57(72(14,15)37-34-69(54,8)9)44-62(51)77-65(64)73(63)58-42-55-56(71(12,13)36-35-70(55,10)11)43-59(58)75(60)50-30-31-52-53(40-50)68(6,7)33-32-67(52,4)5/h16-31,38-44H,32-37H2,1-15H3. The lowest BCUT2D eigenvalue weighted by Crippen LogP contribution is -2.61. The summed E-state index contributed by atoms with van der Waals surface area (Å²) in [6.45, 7) is 37.2. The number of anilines is 9. The van der Waals surface area contributed by atoms with Crippen molar-refractivity contribution in [3.63, 3.8) is 0 Å². The molecule has 0 radical (unpaired) electrons. The molecular formula is C72H80BN3S. The first-order valence-electron chi connectivity index (χ1n) is 29.0. The van der Waals surface area contributed by atoms with E-state index in [1.165, 1.54) is 137 Å². The van der Waals surface area contributed by atoms with E-state index in [9.17, 15) is 0 Å². The van der Waals surface area contributed by atoms with E-state index in [0.717, 1.165) is 17.1 Å². The van der Waals surface area contributed by atoms with E-state index >= 15 is 0 Å². The normalized spacial score (nSPS) is 19.6. The van der Waals surface area contributed by atoms with Gasteiger partial charge in [-0.25, -0.2) is 0 Å². The highest BCUT2D eigenvalue weighted by molar-refractivity contribution is 7.33. The van der Waals surface area contributed by atoms with E-state index in [-0.39, 0.29) is 44.6 Å². The molecule has 0 atom stereocenters. The summed E-state index contributed by atoms with van der Waals surface area (Å²) in [6, 6.07) is 54.8. The minimum Gasteiger partial charge on any atom is -0.311 e. The molecule has 0 spiro atoms. The molecule has 5 heteroatoms. The molecule has 8 aromatic rings. The first kappa shape index (κ1) is 50.5. The Kier molecular flexibility index (Phi) is 11.0. The van der Waals surface area contributed by atoms with Crippen molar-refractivity contribution >= 4 is 95.0 Å². The van der Waals surface area contributed by atoms with Crippen molar-refractivity contribution < 1.29 is 0 Å². The molecule has 3 nitrogen and oxygen atoms in total. The molecule has 3 aliphatic carbocycles. The van der Waals surface area contributed by atoms with Gasteiger partial charge in [-0.15, -0.1) is 11.3 Å². The maximum atomic E-state index is 2.75. The molecule has 13 rings (SSSR count). The predicted molar refractivity (Wildman–Crippen MR) is 335 cm³/mol. The second-order valence-corrected chi connectivity index (χ2v) is 30.1. The first-order chi connectivity index (χ1) is 36.3. The summed E-state index contributed by atoms with van der Waals surface area (Å²) in [5.74, 6) is 0. The molecule has 392 valence electrons. The molecule has 0 bridgehead atoms. The Morgan fingerprint density at radius 1 is 0.429 bits per heavy atom. The van der Waals surface area contributed by atoms with Gasteiger partial charge in [-0.3, -0.25) is 0 Å². The molecule has 77 heavy (non-hydrogen) atoms. The molecule has 7 aromatic carbocycles. The van der Waals surface area contributed by atoms with E-state index in [1.807, 2.05) is 0 Å². The largest absolute Gasteiger partial charge is 0.311 e. The van der Waals surface area contributed by atoms with Crippen LogP contribution in [0.3, 0.4) is 0 Å². The molecular weight excluding hydrogens is 950 g/mol. The van der Waals surface area contributed by atoms with Crippen molar-refractivity contribution in [2.24, 2.45) is 0 Å². The maximum absolute atomic E-state index is 2.75. The van der Waals surface area contributed by atoms with Gasteiger partial charge in [0.2, 0.25) is 0 Å². The quantitative estimate of drug-likeness (QED) is 0.159. The van der Waals surface area contributed by atoms with Crippen LogP contribution in [0, 0.1) is 0 Å². The van der Waals surface area contributed by atoms with Crippen LogP contribution in [0.1, 0.15) is 181 Å². The van der Waals surface area contributed by atoms with Crippen molar-refractivity contribution in [3.8, 4) is 0 Å². The minimum atomic E-state index is -0.135. The van der Waals surface area contributed by atoms with Gasteiger partial charge in [0.1, 0.15) is 0 Å². The van der Waals surface area contributed by atoms with Crippen LogP contribution in [0.4, 0.5) is 51.2 Å². The lowest BCUT2D eigenvalue weighted by Gasteiger charge is -2.48. The highest BCUT2D eigenvalue weighted by atomic mass is 32.1. The van der Waals surface area contributed by atoms with Crippen LogP contribution in [0.25, 0.3) is 10.1 Å². The van der Waals surface area contributed by atoms with Gasteiger partial charge in [-0.2, -0.15) is 0 Å². The molecule has 0 fully saturated rings. The highest BCUT2D eigenvalue weighted by Gasteiger charge is 2.50. The SMILES string of the molecule is CC(C)(C)c1cc2c3c(c1)N(c1ccc(N(c4ccccc4)c4ccccc4)cc1)c1c(sc4cc5c(cc14)C(C)(C)CCC5(C)C)B3c1cc3c(cc1N2c1ccc2c(c1)C(C)(C)CCC2(C)C)C(C)(C)CCC3(C)C. The Morgan fingerprint density at radius 2 is 0.870 bits per heavy atom. The van der Waals surface area contributed by atoms with Crippen LogP contribution in [0.5, 0.6) is 0 Å². The van der Waals surface area contributed by atoms with Crippen molar-refractivity contribution in [1.29, 1.82) is 0 Å². The molecule has 0 saturated heterocycles. The summed E-state index contributed by atoms with van der Waals surface area (Å²) in [6.07, 6.45) is 7.09. The van der Waals surface area contributed by atoms with E-state index in [2.05, 4.69) is 269 Å². The number of benzene rings is 7. The van der Waals surface area contributed by atoms with Gasteiger partial charge in [0.15, 0.2) is 0 Å². The lowest BCUT2D eigenvalue weighted by molar-refractivity contribution is 0.332. The van der Waals surface area contributed by atoms with E-state index < -0.39 is 0 Å². The molecule has 0 N–H and O–H groups in total. The molecule has 2 aliphatic heterocycles. The summed E-state index contributed by atoms with van der Waals surface area (Å²) >= 11 is 2.07. The zero-order valence-electron chi connectivity index (χ0n) is 48.8. The Bertz CT molecular complexity index is 3660. The number of hydrogen-bond donors (Lipinski definition) is 0. The average molecular weight is 1030 g/mol. The second kappa shape index (κ2) is 16.7. The van der Waals surface area contributed by atoms with Crippen LogP contribution < -0.4 is 30.4 Å². The van der Waals surface area contributed by atoms with Crippen molar-refractivity contribution in [3.05, 3.63) is 178 Å². The first-order valence-corrected chi connectivity index (χ1v) is 29.8. The van der Waals surface area contributed by atoms with Gasteiger partial charge in [-0.05, 0) is 217 Å². The van der Waals surface area contributed by atoms with Crippen molar-refractivity contribution in [2.75, 3.05) is 14.7 Å². The number of fused-ring (bicyclic) bond motifs is 9.